The number of carbonyl (C=O) groups excluding carboxylic acids is 2. The summed E-state index contributed by atoms with van der Waals surface area (Å²) < 4.78 is 11.0. The van der Waals surface area contributed by atoms with Crippen LogP contribution in [0.25, 0.3) is 0 Å². The zero-order chi connectivity index (χ0) is 22.8. The third-order valence-corrected chi connectivity index (χ3v) is 5.93. The number of amides is 1. The molecule has 1 aliphatic heterocycles. The van der Waals surface area contributed by atoms with Crippen LogP contribution in [-0.2, 0) is 9.59 Å². The molecule has 2 heterocycles. The second-order valence-electron chi connectivity index (χ2n) is 8.20. The van der Waals surface area contributed by atoms with Crippen molar-refractivity contribution in [1.29, 1.82) is 0 Å². The van der Waals surface area contributed by atoms with E-state index in [2.05, 4.69) is 22.5 Å². The van der Waals surface area contributed by atoms with Crippen LogP contribution >= 0.6 is 0 Å². The molecule has 2 aliphatic rings. The Balaban J connectivity index is 1.86. The van der Waals surface area contributed by atoms with Crippen LogP contribution in [0.5, 0.6) is 11.5 Å². The van der Waals surface area contributed by atoms with Gasteiger partial charge in [-0.15, -0.1) is 0 Å². The van der Waals surface area contributed by atoms with Crippen molar-refractivity contribution in [3.63, 3.8) is 0 Å². The second-order valence-corrected chi connectivity index (χ2v) is 8.20. The molecule has 0 saturated carbocycles. The summed E-state index contributed by atoms with van der Waals surface area (Å²) in [5, 5.41) is 6.22. The van der Waals surface area contributed by atoms with E-state index in [-0.39, 0.29) is 17.6 Å². The van der Waals surface area contributed by atoms with Crippen molar-refractivity contribution < 1.29 is 19.1 Å². The molecule has 0 radical (unpaired) electrons. The molecule has 2 aromatic rings. The van der Waals surface area contributed by atoms with Crippen LogP contribution in [-0.4, -0.2) is 30.9 Å². The first-order valence-electron chi connectivity index (χ1n) is 10.6. The van der Waals surface area contributed by atoms with Crippen molar-refractivity contribution in [2.45, 2.75) is 32.6 Å². The maximum atomic E-state index is 13.5. The molecule has 1 aromatic carbocycles. The first kappa shape index (κ1) is 21.6. The van der Waals surface area contributed by atoms with Gasteiger partial charge in [-0.2, -0.15) is 0 Å². The fourth-order valence-corrected chi connectivity index (χ4v) is 4.52. The lowest BCUT2D eigenvalue weighted by molar-refractivity contribution is -0.117. The molecule has 0 bridgehead atoms. The topological polar surface area (TPSA) is 89.5 Å². The van der Waals surface area contributed by atoms with E-state index in [9.17, 15) is 9.59 Å². The predicted molar refractivity (Wildman–Crippen MR) is 121 cm³/mol. The Hall–Kier alpha value is -3.61. The minimum absolute atomic E-state index is 0.0461. The Morgan fingerprint density at radius 2 is 1.97 bits per heavy atom. The third kappa shape index (κ3) is 3.98. The number of allylic oxidation sites excluding steroid dienone is 3. The first-order chi connectivity index (χ1) is 15.4. The Kier molecular flexibility index (Phi) is 5.99. The normalized spacial score (nSPS) is 20.4. The quantitative estimate of drug-likeness (QED) is 0.742. The van der Waals surface area contributed by atoms with E-state index < -0.39 is 5.92 Å². The van der Waals surface area contributed by atoms with Crippen molar-refractivity contribution in [1.82, 2.24) is 10.3 Å². The second kappa shape index (κ2) is 8.86. The lowest BCUT2D eigenvalue weighted by Gasteiger charge is -2.36. The summed E-state index contributed by atoms with van der Waals surface area (Å²) in [6.07, 6.45) is 2.82. The molecule has 2 atom stereocenters. The summed E-state index contributed by atoms with van der Waals surface area (Å²) in [5.41, 5.74) is 3.44. The molecule has 0 fully saturated rings. The van der Waals surface area contributed by atoms with Gasteiger partial charge in [-0.1, -0.05) is 19.1 Å². The van der Waals surface area contributed by atoms with Gasteiger partial charge < -0.3 is 20.1 Å². The van der Waals surface area contributed by atoms with Gasteiger partial charge in [0.1, 0.15) is 17.3 Å². The van der Waals surface area contributed by atoms with Gasteiger partial charge in [0.25, 0.3) is 5.91 Å². The van der Waals surface area contributed by atoms with Crippen LogP contribution in [0, 0.1) is 5.92 Å². The van der Waals surface area contributed by atoms with E-state index in [1.165, 1.54) is 0 Å². The summed E-state index contributed by atoms with van der Waals surface area (Å²) in [6, 6.07) is 10.8. The summed E-state index contributed by atoms with van der Waals surface area (Å²) >= 11 is 0. The van der Waals surface area contributed by atoms with Crippen LogP contribution in [0.3, 0.4) is 0 Å². The SMILES string of the molecule is COc1ccc([C@@H]2C(C(=O)Nc3ccccn3)=C(C)NC3=C2C(=O)C[C@H](C)C3)c(OC)c1. The number of ether oxygens (including phenoxy) is 2. The molecule has 7 nitrogen and oxygen atoms in total. The van der Waals surface area contributed by atoms with Crippen molar-refractivity contribution in [3.05, 3.63) is 70.7 Å². The van der Waals surface area contributed by atoms with Gasteiger partial charge >= 0.3 is 0 Å². The molecule has 1 aliphatic carbocycles. The number of Topliss-reactive ketones (excluding diaryl/α,β-unsaturated/α-hetero) is 1. The number of methoxy groups -OCH3 is 2. The highest BCUT2D eigenvalue weighted by Crippen LogP contribution is 2.46. The molecule has 0 saturated heterocycles. The molecule has 1 aromatic heterocycles. The van der Waals surface area contributed by atoms with Crippen LogP contribution in [0.15, 0.2) is 65.1 Å². The summed E-state index contributed by atoms with van der Waals surface area (Å²) in [5.74, 6) is 1.06. The number of pyridine rings is 1. The highest BCUT2D eigenvalue weighted by atomic mass is 16.5. The van der Waals surface area contributed by atoms with E-state index in [1.54, 1.807) is 44.7 Å². The zero-order valence-electron chi connectivity index (χ0n) is 18.7. The monoisotopic (exact) mass is 433 g/mol. The molecule has 7 heteroatoms. The van der Waals surface area contributed by atoms with Gasteiger partial charge in [0.05, 0.1) is 20.1 Å². The molecular weight excluding hydrogens is 406 g/mol. The molecule has 4 rings (SSSR count). The van der Waals surface area contributed by atoms with E-state index in [0.29, 0.717) is 40.6 Å². The number of benzene rings is 1. The van der Waals surface area contributed by atoms with Crippen LogP contribution in [0.4, 0.5) is 5.82 Å². The fraction of sp³-hybridized carbons (Fsp3) is 0.320. The number of nitrogens with one attached hydrogen (secondary N) is 2. The van der Waals surface area contributed by atoms with Gasteiger partial charge in [0.2, 0.25) is 0 Å². The fourth-order valence-electron chi connectivity index (χ4n) is 4.52. The minimum atomic E-state index is -0.559. The van der Waals surface area contributed by atoms with Gasteiger partial charge in [0.15, 0.2) is 5.78 Å². The Bertz CT molecular complexity index is 1120. The number of anilines is 1. The van der Waals surface area contributed by atoms with Gasteiger partial charge in [-0.25, -0.2) is 4.98 Å². The smallest absolute Gasteiger partial charge is 0.255 e. The summed E-state index contributed by atoms with van der Waals surface area (Å²) in [6.45, 7) is 3.93. The molecule has 166 valence electrons. The predicted octanol–water partition coefficient (Wildman–Crippen LogP) is 3.95. The standard InChI is InChI=1S/C25H27N3O4/c1-14-11-18-24(19(29)12-14)23(17-9-8-16(31-3)13-20(17)32-4)22(15(2)27-18)25(30)28-21-7-5-6-10-26-21/h5-10,13-14,23,27H,11-12H2,1-4H3,(H,26,28,30)/t14-,23-/m1/s1. The molecule has 0 spiro atoms. The number of carbonyl (C=O) groups is 2. The Morgan fingerprint density at radius 1 is 1.16 bits per heavy atom. The van der Waals surface area contributed by atoms with E-state index >= 15 is 0 Å². The van der Waals surface area contributed by atoms with Crippen LogP contribution in [0.1, 0.15) is 38.2 Å². The number of rotatable bonds is 5. The van der Waals surface area contributed by atoms with Crippen molar-refractivity contribution in [2.24, 2.45) is 5.92 Å². The number of aromatic nitrogens is 1. The van der Waals surface area contributed by atoms with E-state index in [0.717, 1.165) is 17.7 Å². The first-order valence-corrected chi connectivity index (χ1v) is 10.6. The maximum absolute atomic E-state index is 13.5. The lowest BCUT2D eigenvalue weighted by atomic mass is 9.73. The number of dihydropyridines is 1. The Labute approximate surface area is 187 Å². The number of ketones is 1. The number of hydrogen-bond donors (Lipinski definition) is 2. The maximum Gasteiger partial charge on any atom is 0.255 e. The average molecular weight is 434 g/mol. The summed E-state index contributed by atoms with van der Waals surface area (Å²) in [4.78, 5) is 30.9. The molecular formula is C25H27N3O4. The van der Waals surface area contributed by atoms with E-state index in [4.69, 9.17) is 9.47 Å². The third-order valence-electron chi connectivity index (χ3n) is 5.93. The average Bonchev–Trinajstić information content (AvgIpc) is 2.78. The van der Waals surface area contributed by atoms with Gasteiger partial charge in [-0.3, -0.25) is 9.59 Å². The van der Waals surface area contributed by atoms with Crippen molar-refractivity contribution in [3.8, 4) is 11.5 Å². The van der Waals surface area contributed by atoms with Crippen LogP contribution in [0.2, 0.25) is 0 Å². The number of nitrogens with zero attached hydrogens (tertiary/aromatic N) is 1. The molecule has 2 N–H and O–H groups in total. The van der Waals surface area contributed by atoms with Crippen molar-refractivity contribution >= 4 is 17.5 Å². The van der Waals surface area contributed by atoms with E-state index in [1.807, 2.05) is 19.1 Å². The molecule has 32 heavy (non-hydrogen) atoms. The minimum Gasteiger partial charge on any atom is -0.497 e. The van der Waals surface area contributed by atoms with Crippen molar-refractivity contribution in [2.75, 3.05) is 19.5 Å². The Morgan fingerprint density at radius 3 is 2.66 bits per heavy atom. The highest BCUT2D eigenvalue weighted by Gasteiger charge is 2.41. The zero-order valence-corrected chi connectivity index (χ0v) is 18.7. The molecule has 1 amide bonds. The molecule has 0 unspecified atom stereocenters. The van der Waals surface area contributed by atoms with Gasteiger partial charge in [-0.05, 0) is 37.5 Å². The lowest BCUT2D eigenvalue weighted by Crippen LogP contribution is -2.37. The highest BCUT2D eigenvalue weighted by molar-refractivity contribution is 6.09. The van der Waals surface area contributed by atoms with Gasteiger partial charge in [0, 0.05) is 46.8 Å². The largest absolute Gasteiger partial charge is 0.497 e. The summed E-state index contributed by atoms with van der Waals surface area (Å²) in [7, 11) is 3.16. The number of hydrogen-bond acceptors (Lipinski definition) is 6. The van der Waals surface area contributed by atoms with Crippen LogP contribution < -0.4 is 20.1 Å².